The van der Waals surface area contributed by atoms with E-state index >= 15 is 0 Å². The van der Waals surface area contributed by atoms with Gasteiger partial charge in [0.15, 0.2) is 0 Å². The minimum Gasteiger partial charge on any atom is -0.481 e. The largest absolute Gasteiger partial charge is 0.481 e. The van der Waals surface area contributed by atoms with Gasteiger partial charge < -0.3 is 10.8 Å². The number of carboxylic acid groups (broad SMARTS) is 1. The fraction of sp³-hybridized carbons (Fsp3) is 0.188. The van der Waals surface area contributed by atoms with Crippen LogP contribution in [-0.2, 0) is 21.1 Å². The van der Waals surface area contributed by atoms with Crippen LogP contribution < -0.4 is 5.73 Å². The van der Waals surface area contributed by atoms with Crippen molar-refractivity contribution < 1.29 is 23.2 Å². The summed E-state index contributed by atoms with van der Waals surface area (Å²) in [6.45, 7) is 0. The Morgan fingerprint density at radius 3 is 2.48 bits per heavy atom. The summed E-state index contributed by atoms with van der Waals surface area (Å²) in [5.74, 6) is -0.922. The highest BCUT2D eigenvalue weighted by molar-refractivity contribution is 7.91. The van der Waals surface area contributed by atoms with Crippen LogP contribution in [0.4, 0.5) is 11.4 Å². The molecule has 2 rings (SSSR count). The molecule has 0 unspecified atom stereocenters. The zero-order valence-electron chi connectivity index (χ0n) is 13.1. The highest BCUT2D eigenvalue weighted by Gasteiger charge is 2.27. The maximum absolute atomic E-state index is 12.7. The van der Waals surface area contributed by atoms with Crippen molar-refractivity contribution in [2.24, 2.45) is 0 Å². The molecular weight excluding hydrogens is 348 g/mol. The number of rotatable bonds is 7. The summed E-state index contributed by atoms with van der Waals surface area (Å²) in [5, 5.41) is 19.7. The molecule has 25 heavy (non-hydrogen) atoms. The van der Waals surface area contributed by atoms with Crippen LogP contribution in [0.3, 0.4) is 0 Å². The maximum Gasteiger partial charge on any atom is 0.303 e. The lowest BCUT2D eigenvalue weighted by Crippen LogP contribution is -2.07. The van der Waals surface area contributed by atoms with Gasteiger partial charge in [-0.3, -0.25) is 14.9 Å². The van der Waals surface area contributed by atoms with E-state index < -0.39 is 31.3 Å². The lowest BCUT2D eigenvalue weighted by atomic mass is 10.1. The van der Waals surface area contributed by atoms with E-state index in [1.54, 1.807) is 0 Å². The summed E-state index contributed by atoms with van der Waals surface area (Å²) in [7, 11) is -4.10. The van der Waals surface area contributed by atoms with Crippen molar-refractivity contribution >= 4 is 27.2 Å². The van der Waals surface area contributed by atoms with Crippen LogP contribution in [0.1, 0.15) is 18.4 Å². The molecule has 0 bridgehead atoms. The van der Waals surface area contributed by atoms with E-state index in [4.69, 9.17) is 10.8 Å². The number of nitrogens with two attached hydrogens (primary N) is 1. The number of hydrogen-bond acceptors (Lipinski definition) is 6. The van der Waals surface area contributed by atoms with E-state index in [1.165, 1.54) is 36.4 Å². The molecule has 0 aromatic heterocycles. The molecule has 8 nitrogen and oxygen atoms in total. The number of nitrogens with zero attached hydrogens (tertiary/aromatic N) is 1. The lowest BCUT2D eigenvalue weighted by molar-refractivity contribution is -0.387. The molecule has 0 atom stereocenters. The van der Waals surface area contributed by atoms with E-state index in [0.717, 1.165) is 6.07 Å². The number of nitro benzene ring substituents is 1. The number of aryl methyl sites for hydroxylation is 1. The first kappa shape index (κ1) is 18.4. The number of nitrogen functional groups attached to an aromatic ring is 1. The Morgan fingerprint density at radius 2 is 1.88 bits per heavy atom. The van der Waals surface area contributed by atoms with E-state index in [-0.39, 0.29) is 17.0 Å². The molecule has 0 fully saturated rings. The van der Waals surface area contributed by atoms with Crippen LogP contribution in [0, 0.1) is 10.1 Å². The van der Waals surface area contributed by atoms with Gasteiger partial charge >= 0.3 is 5.97 Å². The number of benzene rings is 2. The fourth-order valence-corrected chi connectivity index (χ4v) is 3.82. The van der Waals surface area contributed by atoms with E-state index in [0.29, 0.717) is 18.4 Å². The first-order valence-electron chi connectivity index (χ1n) is 7.32. The van der Waals surface area contributed by atoms with Crippen molar-refractivity contribution in [3.63, 3.8) is 0 Å². The highest BCUT2D eigenvalue weighted by Crippen LogP contribution is 2.30. The summed E-state index contributed by atoms with van der Waals surface area (Å²) in [5.41, 5.74) is 6.18. The van der Waals surface area contributed by atoms with Gasteiger partial charge in [-0.15, -0.1) is 0 Å². The molecule has 9 heteroatoms. The van der Waals surface area contributed by atoms with Crippen molar-refractivity contribution in [3.8, 4) is 0 Å². The second-order valence-electron chi connectivity index (χ2n) is 5.34. The van der Waals surface area contributed by atoms with Crippen molar-refractivity contribution in [3.05, 3.63) is 58.1 Å². The molecule has 2 aromatic carbocycles. The van der Waals surface area contributed by atoms with Gasteiger partial charge in [0, 0.05) is 18.2 Å². The molecule has 0 aliphatic rings. The molecule has 2 aromatic rings. The topological polar surface area (TPSA) is 141 Å². The van der Waals surface area contributed by atoms with E-state index in [2.05, 4.69) is 0 Å². The Balaban J connectivity index is 2.37. The smallest absolute Gasteiger partial charge is 0.303 e. The van der Waals surface area contributed by atoms with Gasteiger partial charge in [0.1, 0.15) is 4.90 Å². The number of aliphatic carboxylic acids is 1. The van der Waals surface area contributed by atoms with Crippen molar-refractivity contribution in [2.45, 2.75) is 29.1 Å². The second kappa shape index (κ2) is 7.31. The normalized spacial score (nSPS) is 11.2. The SMILES string of the molecule is Nc1cc(S(=O)(=O)c2ccccc2[N+](=O)[O-])ccc1CCCC(=O)O. The Morgan fingerprint density at radius 1 is 1.20 bits per heavy atom. The van der Waals surface area contributed by atoms with Crippen molar-refractivity contribution in [1.82, 2.24) is 0 Å². The quantitative estimate of drug-likeness (QED) is 0.436. The summed E-state index contributed by atoms with van der Waals surface area (Å²) in [4.78, 5) is 20.3. The van der Waals surface area contributed by atoms with Crippen molar-refractivity contribution in [2.75, 3.05) is 5.73 Å². The van der Waals surface area contributed by atoms with Gasteiger partial charge in [0.05, 0.1) is 9.82 Å². The van der Waals surface area contributed by atoms with Crippen LogP contribution >= 0.6 is 0 Å². The van der Waals surface area contributed by atoms with Gasteiger partial charge in [0.2, 0.25) is 9.84 Å². The molecular formula is C16H16N2O6S. The van der Waals surface area contributed by atoms with Gasteiger partial charge in [-0.05, 0) is 36.6 Å². The fourth-order valence-electron chi connectivity index (χ4n) is 2.36. The predicted octanol–water partition coefficient (Wildman–Crippen LogP) is 2.42. The number of carbonyl (C=O) groups is 1. The highest BCUT2D eigenvalue weighted by atomic mass is 32.2. The molecule has 0 aliphatic heterocycles. The third-order valence-corrected chi connectivity index (χ3v) is 5.41. The Bertz CT molecular complexity index is 924. The van der Waals surface area contributed by atoms with Crippen LogP contribution in [0.15, 0.2) is 52.3 Å². The minimum atomic E-state index is -4.10. The average molecular weight is 364 g/mol. The number of para-hydroxylation sites is 1. The number of nitro groups is 1. The monoisotopic (exact) mass is 364 g/mol. The summed E-state index contributed by atoms with van der Waals surface area (Å²) in [6, 6.07) is 9.14. The molecule has 0 spiro atoms. The van der Waals surface area contributed by atoms with Crippen LogP contribution in [0.2, 0.25) is 0 Å². The summed E-state index contributed by atoms with van der Waals surface area (Å²) >= 11 is 0. The van der Waals surface area contributed by atoms with E-state index in [9.17, 15) is 23.3 Å². The first-order valence-corrected chi connectivity index (χ1v) is 8.80. The third kappa shape index (κ3) is 4.13. The number of hydrogen-bond donors (Lipinski definition) is 2. The van der Waals surface area contributed by atoms with Gasteiger partial charge in [-0.25, -0.2) is 8.42 Å². The standard InChI is InChI=1S/C16H16N2O6S/c17-13-10-12(9-8-11(13)4-3-7-16(19)20)25(23,24)15-6-2-1-5-14(15)18(21)22/h1-2,5-6,8-10H,3-4,7,17H2,(H,19,20). The Kier molecular flexibility index (Phi) is 5.38. The minimum absolute atomic E-state index is 0.0182. The number of carboxylic acids is 1. The molecule has 0 saturated carbocycles. The average Bonchev–Trinajstić information content (AvgIpc) is 2.55. The Labute approximate surface area is 144 Å². The van der Waals surface area contributed by atoms with Gasteiger partial charge in [0.25, 0.3) is 5.69 Å². The van der Waals surface area contributed by atoms with Crippen molar-refractivity contribution in [1.29, 1.82) is 0 Å². The molecule has 0 aliphatic carbocycles. The molecule has 132 valence electrons. The van der Waals surface area contributed by atoms with Gasteiger partial charge in [-0.1, -0.05) is 18.2 Å². The summed E-state index contributed by atoms with van der Waals surface area (Å²) < 4.78 is 25.4. The first-order chi connectivity index (χ1) is 11.7. The molecule has 0 saturated heterocycles. The van der Waals surface area contributed by atoms with Crippen LogP contribution in [0.5, 0.6) is 0 Å². The molecule has 3 N–H and O–H groups in total. The third-order valence-electron chi connectivity index (χ3n) is 3.62. The Hall–Kier alpha value is -2.94. The molecule has 0 radical (unpaired) electrons. The second-order valence-corrected chi connectivity index (χ2v) is 7.25. The van der Waals surface area contributed by atoms with Crippen LogP contribution in [-0.4, -0.2) is 24.4 Å². The number of sulfone groups is 1. The maximum atomic E-state index is 12.7. The zero-order valence-corrected chi connectivity index (χ0v) is 13.9. The number of anilines is 1. The van der Waals surface area contributed by atoms with Crippen LogP contribution in [0.25, 0.3) is 0 Å². The lowest BCUT2D eigenvalue weighted by Gasteiger charge is -2.09. The molecule has 0 amide bonds. The predicted molar refractivity (Wildman–Crippen MR) is 90.0 cm³/mol. The van der Waals surface area contributed by atoms with E-state index in [1.807, 2.05) is 0 Å². The zero-order chi connectivity index (χ0) is 18.6. The molecule has 0 heterocycles. The van der Waals surface area contributed by atoms with Gasteiger partial charge in [-0.2, -0.15) is 0 Å². The summed E-state index contributed by atoms with van der Waals surface area (Å²) in [6.07, 6.45) is 0.745.